The second-order valence-electron chi connectivity index (χ2n) is 4.42. The molecule has 0 aromatic heterocycles. The van der Waals surface area contributed by atoms with Gasteiger partial charge in [-0.05, 0) is 41.8 Å². The van der Waals surface area contributed by atoms with Crippen LogP contribution in [0.15, 0.2) is 48.5 Å². The molecule has 0 bridgehead atoms. The Morgan fingerprint density at radius 2 is 1.45 bits per heavy atom. The van der Waals surface area contributed by atoms with Gasteiger partial charge in [-0.3, -0.25) is 0 Å². The third-order valence-corrected chi connectivity index (χ3v) is 3.78. The number of alkyl halides is 4. The maximum atomic E-state index is 12.8. The van der Waals surface area contributed by atoms with Gasteiger partial charge in [-0.1, -0.05) is 40.2 Å². The summed E-state index contributed by atoms with van der Waals surface area (Å²) < 4.78 is 50.1. The van der Waals surface area contributed by atoms with Gasteiger partial charge in [0.15, 0.2) is 0 Å². The Labute approximate surface area is 122 Å². The van der Waals surface area contributed by atoms with Crippen molar-refractivity contribution in [3.8, 4) is 0 Å². The SMILES string of the molecule is Fc1ccc(C(Br)Cc2ccc(C(F)(F)F)cc2)cc1. The molecule has 0 spiro atoms. The van der Waals surface area contributed by atoms with Crippen LogP contribution in [-0.2, 0) is 12.6 Å². The zero-order valence-electron chi connectivity index (χ0n) is 10.3. The Balaban J connectivity index is 2.08. The maximum Gasteiger partial charge on any atom is 0.416 e. The highest BCUT2D eigenvalue weighted by Crippen LogP contribution is 2.31. The highest BCUT2D eigenvalue weighted by Gasteiger charge is 2.29. The quantitative estimate of drug-likeness (QED) is 0.506. The standard InChI is InChI=1S/C15H11BrF4/c16-14(11-3-7-13(17)8-4-11)9-10-1-5-12(6-2-10)15(18,19)20/h1-8,14H,9H2. The molecular formula is C15H11BrF4. The summed E-state index contributed by atoms with van der Waals surface area (Å²) in [5, 5.41) is 0. The van der Waals surface area contributed by atoms with Gasteiger partial charge in [-0.15, -0.1) is 0 Å². The van der Waals surface area contributed by atoms with E-state index in [2.05, 4.69) is 15.9 Å². The van der Waals surface area contributed by atoms with Crippen LogP contribution in [-0.4, -0.2) is 0 Å². The van der Waals surface area contributed by atoms with Crippen molar-refractivity contribution in [1.82, 2.24) is 0 Å². The lowest BCUT2D eigenvalue weighted by atomic mass is 10.0. The van der Waals surface area contributed by atoms with E-state index >= 15 is 0 Å². The zero-order chi connectivity index (χ0) is 14.8. The van der Waals surface area contributed by atoms with Crippen LogP contribution in [0.1, 0.15) is 21.5 Å². The van der Waals surface area contributed by atoms with Crippen LogP contribution in [0.3, 0.4) is 0 Å². The summed E-state index contributed by atoms with van der Waals surface area (Å²) in [6, 6.07) is 11.1. The Morgan fingerprint density at radius 1 is 0.900 bits per heavy atom. The second kappa shape index (κ2) is 5.95. The molecule has 0 N–H and O–H groups in total. The van der Waals surface area contributed by atoms with Gasteiger partial charge in [0.2, 0.25) is 0 Å². The van der Waals surface area contributed by atoms with Crippen molar-refractivity contribution in [2.24, 2.45) is 0 Å². The molecule has 2 aromatic carbocycles. The first-order chi connectivity index (χ1) is 9.36. The van der Waals surface area contributed by atoms with E-state index in [0.29, 0.717) is 6.42 Å². The molecule has 0 fully saturated rings. The molecule has 0 aliphatic heterocycles. The molecule has 106 valence electrons. The minimum absolute atomic E-state index is 0.0696. The molecule has 1 unspecified atom stereocenters. The number of halogens is 5. The molecule has 2 aromatic rings. The van der Waals surface area contributed by atoms with Crippen molar-refractivity contribution in [3.05, 3.63) is 71.0 Å². The molecule has 1 atom stereocenters. The van der Waals surface area contributed by atoms with E-state index in [4.69, 9.17) is 0 Å². The fourth-order valence-electron chi connectivity index (χ4n) is 1.83. The van der Waals surface area contributed by atoms with E-state index in [1.807, 2.05) is 0 Å². The third kappa shape index (κ3) is 3.82. The lowest BCUT2D eigenvalue weighted by molar-refractivity contribution is -0.137. The number of hydrogen-bond donors (Lipinski definition) is 0. The van der Waals surface area contributed by atoms with Crippen molar-refractivity contribution >= 4 is 15.9 Å². The first kappa shape index (κ1) is 15.0. The van der Waals surface area contributed by atoms with E-state index in [1.165, 1.54) is 24.3 Å². The summed E-state index contributed by atoms with van der Waals surface area (Å²) in [4.78, 5) is -0.0696. The summed E-state index contributed by atoms with van der Waals surface area (Å²) in [6.45, 7) is 0. The van der Waals surface area contributed by atoms with Crippen LogP contribution in [0, 0.1) is 5.82 Å². The monoisotopic (exact) mass is 346 g/mol. The molecule has 2 rings (SSSR count). The van der Waals surface area contributed by atoms with Crippen LogP contribution in [0.2, 0.25) is 0 Å². The average molecular weight is 347 g/mol. The van der Waals surface area contributed by atoms with Crippen LogP contribution in [0.5, 0.6) is 0 Å². The van der Waals surface area contributed by atoms with E-state index in [9.17, 15) is 17.6 Å². The van der Waals surface area contributed by atoms with Gasteiger partial charge in [0.1, 0.15) is 5.82 Å². The van der Waals surface area contributed by atoms with Gasteiger partial charge in [0.05, 0.1) is 5.56 Å². The molecule has 0 saturated heterocycles. The lowest BCUT2D eigenvalue weighted by Crippen LogP contribution is -2.05. The summed E-state index contributed by atoms with van der Waals surface area (Å²) in [6.07, 6.45) is -3.78. The van der Waals surface area contributed by atoms with Crippen LogP contribution in [0.25, 0.3) is 0 Å². The first-order valence-corrected chi connectivity index (χ1v) is 6.83. The Bertz CT molecular complexity index is 558. The molecule has 5 heteroatoms. The third-order valence-electron chi connectivity index (χ3n) is 2.93. The van der Waals surface area contributed by atoms with Gasteiger partial charge in [-0.25, -0.2) is 4.39 Å². The molecule has 0 radical (unpaired) electrons. The summed E-state index contributed by atoms with van der Waals surface area (Å²) in [5.74, 6) is -0.317. The summed E-state index contributed by atoms with van der Waals surface area (Å²) in [5.41, 5.74) is 1.00. The minimum atomic E-state index is -4.32. The predicted octanol–water partition coefficient (Wildman–Crippen LogP) is 5.52. The lowest BCUT2D eigenvalue weighted by Gasteiger charge is -2.12. The summed E-state index contributed by atoms with van der Waals surface area (Å²) in [7, 11) is 0. The normalized spacial score (nSPS) is 13.2. The molecular weight excluding hydrogens is 336 g/mol. The highest BCUT2D eigenvalue weighted by atomic mass is 79.9. The molecule has 0 heterocycles. The van der Waals surface area contributed by atoms with Crippen molar-refractivity contribution in [2.75, 3.05) is 0 Å². The van der Waals surface area contributed by atoms with E-state index in [0.717, 1.165) is 23.3 Å². The number of benzene rings is 2. The van der Waals surface area contributed by atoms with E-state index in [-0.39, 0.29) is 10.6 Å². The van der Waals surface area contributed by atoms with Crippen LogP contribution < -0.4 is 0 Å². The Morgan fingerprint density at radius 3 is 1.95 bits per heavy atom. The van der Waals surface area contributed by atoms with Gasteiger partial charge in [0, 0.05) is 4.83 Å². The van der Waals surface area contributed by atoms with Crippen LogP contribution in [0.4, 0.5) is 17.6 Å². The number of rotatable bonds is 3. The second-order valence-corrected chi connectivity index (χ2v) is 5.52. The molecule has 0 aliphatic rings. The molecule has 0 amide bonds. The molecule has 0 saturated carbocycles. The van der Waals surface area contributed by atoms with Gasteiger partial charge >= 0.3 is 6.18 Å². The van der Waals surface area contributed by atoms with Crippen molar-refractivity contribution in [3.63, 3.8) is 0 Å². The van der Waals surface area contributed by atoms with Gasteiger partial charge in [-0.2, -0.15) is 13.2 Å². The Hall–Kier alpha value is -1.36. The highest BCUT2D eigenvalue weighted by molar-refractivity contribution is 9.09. The largest absolute Gasteiger partial charge is 0.416 e. The van der Waals surface area contributed by atoms with E-state index < -0.39 is 11.7 Å². The minimum Gasteiger partial charge on any atom is -0.207 e. The van der Waals surface area contributed by atoms with Crippen LogP contribution >= 0.6 is 15.9 Å². The van der Waals surface area contributed by atoms with E-state index in [1.54, 1.807) is 12.1 Å². The molecule has 0 aliphatic carbocycles. The zero-order valence-corrected chi connectivity index (χ0v) is 11.9. The first-order valence-electron chi connectivity index (χ1n) is 5.92. The van der Waals surface area contributed by atoms with Crippen molar-refractivity contribution in [1.29, 1.82) is 0 Å². The smallest absolute Gasteiger partial charge is 0.207 e. The van der Waals surface area contributed by atoms with Crippen molar-refractivity contribution in [2.45, 2.75) is 17.4 Å². The summed E-state index contributed by atoms with van der Waals surface area (Å²) >= 11 is 3.46. The fourth-order valence-corrected chi connectivity index (χ4v) is 2.51. The molecule has 20 heavy (non-hydrogen) atoms. The number of hydrogen-bond acceptors (Lipinski definition) is 0. The van der Waals surface area contributed by atoms with Gasteiger partial charge in [0.25, 0.3) is 0 Å². The molecule has 0 nitrogen and oxygen atoms in total. The predicted molar refractivity (Wildman–Crippen MR) is 73.2 cm³/mol. The van der Waals surface area contributed by atoms with Crippen molar-refractivity contribution < 1.29 is 17.6 Å². The van der Waals surface area contributed by atoms with Gasteiger partial charge < -0.3 is 0 Å². The Kier molecular flexibility index (Phi) is 4.48. The fraction of sp³-hybridized carbons (Fsp3) is 0.200. The average Bonchev–Trinajstić information content (AvgIpc) is 2.39. The topological polar surface area (TPSA) is 0 Å². The maximum absolute atomic E-state index is 12.8.